The number of halogens is 2. The van der Waals surface area contributed by atoms with Crippen molar-refractivity contribution < 1.29 is 13.5 Å². The van der Waals surface area contributed by atoms with E-state index in [1.54, 1.807) is 6.92 Å². The zero-order valence-electron chi connectivity index (χ0n) is 15.8. The van der Waals surface area contributed by atoms with E-state index in [1.807, 2.05) is 0 Å². The molecular formula is C22H30F2O. The predicted octanol–water partition coefficient (Wildman–Crippen LogP) is 6.61. The zero-order chi connectivity index (χ0) is 18.0. The number of rotatable bonds is 4. The molecule has 1 heterocycles. The number of fused-ring (bicyclic) bond motifs is 1. The van der Waals surface area contributed by atoms with Gasteiger partial charge in [-0.3, -0.25) is 0 Å². The fraction of sp³-hybridized carbons (Fsp3) is 0.636. The molecule has 0 unspecified atom stereocenters. The maximum Gasteiger partial charge on any atom is 0.201 e. The maximum absolute atomic E-state index is 14.3. The molecule has 1 aromatic carbocycles. The average Bonchev–Trinajstić information content (AvgIpc) is 2.64. The fourth-order valence-electron chi connectivity index (χ4n) is 4.54. The summed E-state index contributed by atoms with van der Waals surface area (Å²) in [6.07, 6.45) is 11.4. The van der Waals surface area contributed by atoms with E-state index in [4.69, 9.17) is 4.74 Å². The van der Waals surface area contributed by atoms with Crippen LogP contribution in [-0.2, 0) is 6.42 Å². The van der Waals surface area contributed by atoms with Gasteiger partial charge in [0.1, 0.15) is 0 Å². The second-order valence-electron chi connectivity index (χ2n) is 7.82. The molecule has 0 N–H and O–H groups in total. The molecule has 1 fully saturated rings. The molecule has 0 spiro atoms. The largest absolute Gasteiger partial charge is 0.490 e. The molecule has 1 saturated carbocycles. The molecule has 138 valence electrons. The number of hydrogen-bond acceptors (Lipinski definition) is 1. The summed E-state index contributed by atoms with van der Waals surface area (Å²) in [4.78, 5) is 0. The first kappa shape index (κ1) is 18.4. The normalized spacial score (nSPS) is 24.0. The van der Waals surface area contributed by atoms with E-state index in [9.17, 15) is 8.78 Å². The van der Waals surface area contributed by atoms with Crippen molar-refractivity contribution in [3.63, 3.8) is 0 Å². The first-order chi connectivity index (χ1) is 12.0. The Morgan fingerprint density at radius 2 is 1.88 bits per heavy atom. The summed E-state index contributed by atoms with van der Waals surface area (Å²) in [5, 5.41) is 0. The first-order valence-electron chi connectivity index (χ1n) is 9.84. The van der Waals surface area contributed by atoms with Gasteiger partial charge in [-0.05, 0) is 75.3 Å². The number of hydrogen-bond donors (Lipinski definition) is 0. The number of benzene rings is 1. The van der Waals surface area contributed by atoms with Crippen molar-refractivity contribution in [2.45, 2.75) is 72.1 Å². The van der Waals surface area contributed by atoms with E-state index in [0.717, 1.165) is 29.9 Å². The summed E-state index contributed by atoms with van der Waals surface area (Å²) in [6.45, 7) is 6.57. The van der Waals surface area contributed by atoms with E-state index < -0.39 is 11.6 Å². The van der Waals surface area contributed by atoms with Crippen LogP contribution >= 0.6 is 0 Å². The molecule has 3 rings (SSSR count). The van der Waals surface area contributed by atoms with Gasteiger partial charge in [-0.1, -0.05) is 31.4 Å². The van der Waals surface area contributed by atoms with Gasteiger partial charge >= 0.3 is 0 Å². The van der Waals surface area contributed by atoms with Gasteiger partial charge < -0.3 is 4.74 Å². The standard InChI is InChI=1S/C22H30F2O/c1-4-6-16-8-10-17(11-9-16)14(2)13-19-15(3)20(23)21(24)22-18(19)7-5-12-25-22/h13,16-17H,4-12H2,1-3H3/b14-13+. The topological polar surface area (TPSA) is 9.23 Å². The maximum atomic E-state index is 14.3. The minimum Gasteiger partial charge on any atom is -0.490 e. The van der Waals surface area contributed by atoms with Crippen LogP contribution < -0.4 is 4.74 Å². The Morgan fingerprint density at radius 1 is 1.16 bits per heavy atom. The molecule has 0 aromatic heterocycles. The first-order valence-corrected chi connectivity index (χ1v) is 9.84. The molecule has 2 aliphatic rings. The predicted molar refractivity (Wildman–Crippen MR) is 98.9 cm³/mol. The van der Waals surface area contributed by atoms with Crippen LogP contribution in [0.5, 0.6) is 5.75 Å². The van der Waals surface area contributed by atoms with E-state index >= 15 is 0 Å². The lowest BCUT2D eigenvalue weighted by atomic mass is 9.77. The lowest BCUT2D eigenvalue weighted by Gasteiger charge is -2.29. The Balaban J connectivity index is 1.87. The van der Waals surface area contributed by atoms with Gasteiger partial charge in [-0.2, -0.15) is 4.39 Å². The molecule has 1 aromatic rings. The Kier molecular flexibility index (Phi) is 5.81. The van der Waals surface area contributed by atoms with E-state index in [2.05, 4.69) is 19.9 Å². The highest BCUT2D eigenvalue weighted by atomic mass is 19.2. The van der Waals surface area contributed by atoms with Crippen LogP contribution in [0.4, 0.5) is 8.78 Å². The van der Waals surface area contributed by atoms with Crippen LogP contribution in [0.3, 0.4) is 0 Å². The molecule has 3 heteroatoms. The minimum atomic E-state index is -0.818. The highest BCUT2D eigenvalue weighted by Crippen LogP contribution is 2.39. The van der Waals surface area contributed by atoms with Crippen molar-refractivity contribution in [1.29, 1.82) is 0 Å². The van der Waals surface area contributed by atoms with Crippen LogP contribution in [-0.4, -0.2) is 6.61 Å². The molecule has 1 aliphatic carbocycles. The van der Waals surface area contributed by atoms with Gasteiger partial charge in [0.2, 0.25) is 5.82 Å². The Bertz CT molecular complexity index is 655. The van der Waals surface area contributed by atoms with E-state index in [0.29, 0.717) is 18.1 Å². The summed E-state index contributed by atoms with van der Waals surface area (Å²) >= 11 is 0. The number of allylic oxidation sites excluding steroid dienone is 1. The molecule has 25 heavy (non-hydrogen) atoms. The van der Waals surface area contributed by atoms with E-state index in [-0.39, 0.29) is 5.75 Å². The van der Waals surface area contributed by atoms with Gasteiger partial charge in [-0.25, -0.2) is 4.39 Å². The van der Waals surface area contributed by atoms with Crippen molar-refractivity contribution in [2.75, 3.05) is 6.61 Å². The smallest absolute Gasteiger partial charge is 0.201 e. The summed E-state index contributed by atoms with van der Waals surface area (Å²) in [6, 6.07) is 0. The third-order valence-corrected chi connectivity index (χ3v) is 6.10. The lowest BCUT2D eigenvalue weighted by Crippen LogP contribution is -2.16. The second-order valence-corrected chi connectivity index (χ2v) is 7.82. The zero-order valence-corrected chi connectivity index (χ0v) is 15.8. The summed E-state index contributed by atoms with van der Waals surface area (Å²) in [7, 11) is 0. The van der Waals surface area contributed by atoms with Crippen molar-refractivity contribution in [3.8, 4) is 5.75 Å². The van der Waals surface area contributed by atoms with Crippen LogP contribution in [0.15, 0.2) is 5.57 Å². The van der Waals surface area contributed by atoms with Crippen molar-refractivity contribution in [1.82, 2.24) is 0 Å². The number of ether oxygens (including phenoxy) is 1. The molecule has 0 atom stereocenters. The summed E-state index contributed by atoms with van der Waals surface area (Å²) in [5.74, 6) is 0.00877. The second kappa shape index (κ2) is 7.88. The van der Waals surface area contributed by atoms with Gasteiger partial charge in [0.25, 0.3) is 0 Å². The highest BCUT2D eigenvalue weighted by molar-refractivity contribution is 5.65. The van der Waals surface area contributed by atoms with Crippen LogP contribution in [0.2, 0.25) is 0 Å². The SMILES string of the molecule is CCCC1CCC(/C(C)=C/c2c(C)c(F)c(F)c3c2CCCO3)CC1. The van der Waals surface area contributed by atoms with Crippen molar-refractivity contribution >= 4 is 6.08 Å². The fourth-order valence-corrected chi connectivity index (χ4v) is 4.54. The monoisotopic (exact) mass is 348 g/mol. The lowest BCUT2D eigenvalue weighted by molar-refractivity contribution is 0.267. The Hall–Kier alpha value is -1.38. The Morgan fingerprint density at radius 3 is 2.56 bits per heavy atom. The summed E-state index contributed by atoms with van der Waals surface area (Å²) < 4.78 is 34.0. The molecule has 1 nitrogen and oxygen atoms in total. The molecule has 0 saturated heterocycles. The third-order valence-electron chi connectivity index (χ3n) is 6.10. The van der Waals surface area contributed by atoms with Crippen LogP contribution in [0.1, 0.15) is 75.5 Å². The molecule has 0 bridgehead atoms. The average molecular weight is 348 g/mol. The molecule has 0 radical (unpaired) electrons. The third kappa shape index (κ3) is 3.75. The van der Waals surface area contributed by atoms with Gasteiger partial charge in [-0.15, -0.1) is 0 Å². The molecule has 1 aliphatic heterocycles. The quantitative estimate of drug-likeness (QED) is 0.595. The van der Waals surface area contributed by atoms with Gasteiger partial charge in [0.15, 0.2) is 11.6 Å². The minimum absolute atomic E-state index is 0.139. The van der Waals surface area contributed by atoms with E-state index in [1.165, 1.54) is 44.1 Å². The summed E-state index contributed by atoms with van der Waals surface area (Å²) in [5.41, 5.74) is 3.42. The van der Waals surface area contributed by atoms with Gasteiger partial charge in [0.05, 0.1) is 6.61 Å². The van der Waals surface area contributed by atoms with Crippen molar-refractivity contribution in [2.24, 2.45) is 11.8 Å². The van der Waals surface area contributed by atoms with Crippen molar-refractivity contribution in [3.05, 3.63) is 33.9 Å². The molecular weight excluding hydrogens is 318 g/mol. The highest BCUT2D eigenvalue weighted by Gasteiger charge is 2.26. The van der Waals surface area contributed by atoms with Crippen LogP contribution in [0.25, 0.3) is 6.08 Å². The Labute approximate surface area is 150 Å². The molecule has 0 amide bonds. The van der Waals surface area contributed by atoms with Gasteiger partial charge in [0, 0.05) is 5.56 Å². The van der Waals surface area contributed by atoms with Crippen LogP contribution in [0, 0.1) is 30.4 Å².